The highest BCUT2D eigenvalue weighted by molar-refractivity contribution is 7.21. The van der Waals surface area contributed by atoms with Gasteiger partial charge in [0, 0.05) is 23.2 Å². The van der Waals surface area contributed by atoms with Crippen molar-refractivity contribution in [3.05, 3.63) is 34.2 Å². The van der Waals surface area contributed by atoms with Crippen molar-refractivity contribution >= 4 is 50.8 Å². The normalized spacial score (nSPS) is 17.3. The number of hydrogen-bond donors (Lipinski definition) is 2. The quantitative estimate of drug-likeness (QED) is 0.805. The van der Waals surface area contributed by atoms with Crippen LogP contribution in [0.5, 0.6) is 0 Å². The Balaban J connectivity index is 1.59. The Morgan fingerprint density at radius 3 is 2.85 bits per heavy atom. The molecule has 0 radical (unpaired) electrons. The molecule has 2 amide bonds. The monoisotopic (exact) mass is 396 g/mol. The van der Waals surface area contributed by atoms with E-state index in [4.69, 9.17) is 21.4 Å². The summed E-state index contributed by atoms with van der Waals surface area (Å²) in [5, 5.41) is 12.6. The van der Waals surface area contributed by atoms with E-state index in [1.54, 1.807) is 0 Å². The molecule has 2 heterocycles. The number of ether oxygens (including phenoxy) is 1. The van der Waals surface area contributed by atoms with Crippen molar-refractivity contribution in [2.75, 3.05) is 26.2 Å². The van der Waals surface area contributed by atoms with Crippen molar-refractivity contribution < 1.29 is 24.2 Å². The maximum atomic E-state index is 12.4. The molecule has 2 N–H and O–H groups in total. The maximum absolute atomic E-state index is 12.4. The van der Waals surface area contributed by atoms with Crippen LogP contribution in [0.25, 0.3) is 10.1 Å². The molecule has 1 fully saturated rings. The van der Waals surface area contributed by atoms with Crippen LogP contribution in [0.3, 0.4) is 0 Å². The summed E-state index contributed by atoms with van der Waals surface area (Å²) in [6.45, 7) is 0.669. The highest BCUT2D eigenvalue weighted by atomic mass is 35.5. The third kappa shape index (κ3) is 4.14. The predicted molar refractivity (Wildman–Crippen MR) is 97.7 cm³/mol. The van der Waals surface area contributed by atoms with E-state index in [0.29, 0.717) is 16.4 Å². The first-order valence-corrected chi connectivity index (χ1v) is 9.21. The Bertz CT molecular complexity index is 853. The standard InChI is InChI=1S/C17H17ClN2O5S/c18-15-11-3-1-2-4-12(11)26-16(15)17(24)19-8-13(21)20-5-6-25-10(9-20)7-14(22)23/h1-4,10H,5-9H2,(H,19,24)(H,22,23). The summed E-state index contributed by atoms with van der Waals surface area (Å²) in [7, 11) is 0. The second kappa shape index (κ2) is 8.03. The lowest BCUT2D eigenvalue weighted by atomic mass is 10.2. The number of carboxylic acids is 1. The summed E-state index contributed by atoms with van der Waals surface area (Å²) >= 11 is 7.54. The molecule has 1 aliphatic heterocycles. The van der Waals surface area contributed by atoms with E-state index in [0.717, 1.165) is 10.1 Å². The average molecular weight is 397 g/mol. The van der Waals surface area contributed by atoms with E-state index >= 15 is 0 Å². The van der Waals surface area contributed by atoms with Crippen molar-refractivity contribution in [1.82, 2.24) is 10.2 Å². The summed E-state index contributed by atoms with van der Waals surface area (Å²) in [4.78, 5) is 37.3. The Kier molecular flexibility index (Phi) is 5.75. The smallest absolute Gasteiger partial charge is 0.306 e. The molecule has 26 heavy (non-hydrogen) atoms. The van der Waals surface area contributed by atoms with Crippen LogP contribution in [0.1, 0.15) is 16.1 Å². The number of morpholine rings is 1. The van der Waals surface area contributed by atoms with Crippen molar-refractivity contribution in [2.24, 2.45) is 0 Å². The van der Waals surface area contributed by atoms with Gasteiger partial charge in [0.05, 0.1) is 30.7 Å². The Morgan fingerprint density at radius 1 is 1.35 bits per heavy atom. The molecule has 1 unspecified atom stereocenters. The molecule has 1 aromatic carbocycles. The van der Waals surface area contributed by atoms with Crippen LogP contribution in [0, 0.1) is 0 Å². The Morgan fingerprint density at radius 2 is 2.12 bits per heavy atom. The van der Waals surface area contributed by atoms with Crippen molar-refractivity contribution in [2.45, 2.75) is 12.5 Å². The number of nitrogens with one attached hydrogen (secondary N) is 1. The zero-order chi connectivity index (χ0) is 18.7. The van der Waals surface area contributed by atoms with E-state index in [9.17, 15) is 14.4 Å². The van der Waals surface area contributed by atoms with E-state index in [1.165, 1.54) is 16.2 Å². The molecule has 1 atom stereocenters. The molecule has 3 rings (SSSR count). The summed E-state index contributed by atoms with van der Waals surface area (Å²) in [5.41, 5.74) is 0. The topological polar surface area (TPSA) is 95.9 Å². The highest BCUT2D eigenvalue weighted by Gasteiger charge is 2.26. The fourth-order valence-corrected chi connectivity index (χ4v) is 4.21. The largest absolute Gasteiger partial charge is 0.481 e. The van der Waals surface area contributed by atoms with Gasteiger partial charge in [-0.15, -0.1) is 11.3 Å². The van der Waals surface area contributed by atoms with E-state index < -0.39 is 18.0 Å². The fraction of sp³-hybridized carbons (Fsp3) is 0.353. The van der Waals surface area contributed by atoms with Crippen molar-refractivity contribution in [1.29, 1.82) is 0 Å². The molecule has 7 nitrogen and oxygen atoms in total. The SMILES string of the molecule is O=C(O)CC1CN(C(=O)CNC(=O)c2sc3ccccc3c2Cl)CCO1. The number of halogens is 1. The van der Waals surface area contributed by atoms with Gasteiger partial charge in [-0.3, -0.25) is 14.4 Å². The van der Waals surface area contributed by atoms with Gasteiger partial charge in [0.2, 0.25) is 5.91 Å². The first kappa shape index (κ1) is 18.6. The molecule has 1 saturated heterocycles. The number of aliphatic carboxylic acids is 1. The minimum absolute atomic E-state index is 0.159. The molecule has 2 aromatic rings. The van der Waals surface area contributed by atoms with Crippen LogP contribution in [-0.2, 0) is 14.3 Å². The van der Waals surface area contributed by atoms with E-state index in [2.05, 4.69) is 5.32 Å². The third-order valence-electron chi connectivity index (χ3n) is 4.04. The molecule has 1 aromatic heterocycles. The van der Waals surface area contributed by atoms with Crippen molar-refractivity contribution in [3.63, 3.8) is 0 Å². The molecule has 138 valence electrons. The number of thiophene rings is 1. The number of benzene rings is 1. The zero-order valence-electron chi connectivity index (χ0n) is 13.7. The summed E-state index contributed by atoms with van der Waals surface area (Å²) in [5.74, 6) is -1.66. The van der Waals surface area contributed by atoms with Crippen LogP contribution in [0.2, 0.25) is 5.02 Å². The second-order valence-corrected chi connectivity index (χ2v) is 7.28. The van der Waals surface area contributed by atoms with Crippen molar-refractivity contribution in [3.8, 4) is 0 Å². The van der Waals surface area contributed by atoms with E-state index in [1.807, 2.05) is 24.3 Å². The minimum Gasteiger partial charge on any atom is -0.481 e. The number of carbonyl (C=O) groups excluding carboxylic acids is 2. The van der Waals surface area contributed by atoms with Crippen LogP contribution >= 0.6 is 22.9 Å². The summed E-state index contributed by atoms with van der Waals surface area (Å²) in [6.07, 6.45) is -0.689. The second-order valence-electron chi connectivity index (χ2n) is 5.85. The fourth-order valence-electron chi connectivity index (χ4n) is 2.77. The van der Waals surface area contributed by atoms with Gasteiger partial charge in [0.1, 0.15) is 4.88 Å². The van der Waals surface area contributed by atoms with Gasteiger partial charge < -0.3 is 20.1 Å². The minimum atomic E-state index is -0.975. The lowest BCUT2D eigenvalue weighted by molar-refractivity contribution is -0.147. The number of hydrogen-bond acceptors (Lipinski definition) is 5. The summed E-state index contributed by atoms with van der Waals surface area (Å²) in [6, 6.07) is 7.43. The van der Waals surface area contributed by atoms with Crippen LogP contribution in [-0.4, -0.2) is 60.1 Å². The molecule has 0 saturated carbocycles. The molecular weight excluding hydrogens is 380 g/mol. The lowest BCUT2D eigenvalue weighted by Gasteiger charge is -2.32. The molecule has 9 heteroatoms. The first-order valence-electron chi connectivity index (χ1n) is 8.02. The van der Waals surface area contributed by atoms with E-state index in [-0.39, 0.29) is 32.0 Å². The third-order valence-corrected chi connectivity index (χ3v) is 5.71. The first-order chi connectivity index (χ1) is 12.5. The molecule has 0 aliphatic carbocycles. The van der Waals surface area contributed by atoms with Gasteiger partial charge in [-0.1, -0.05) is 29.8 Å². The molecule has 0 bridgehead atoms. The number of amides is 2. The van der Waals surface area contributed by atoms with Crippen LogP contribution < -0.4 is 5.32 Å². The van der Waals surface area contributed by atoms with Gasteiger partial charge in [0.15, 0.2) is 0 Å². The zero-order valence-corrected chi connectivity index (χ0v) is 15.3. The number of fused-ring (bicyclic) bond motifs is 1. The molecule has 0 spiro atoms. The average Bonchev–Trinajstić information content (AvgIpc) is 2.96. The number of nitrogens with zero attached hydrogens (tertiary/aromatic N) is 1. The van der Waals surface area contributed by atoms with Gasteiger partial charge in [-0.2, -0.15) is 0 Å². The van der Waals surface area contributed by atoms with Gasteiger partial charge in [-0.05, 0) is 6.07 Å². The molecular formula is C17H17ClN2O5S. The number of carbonyl (C=O) groups is 3. The number of carboxylic acid groups (broad SMARTS) is 1. The highest BCUT2D eigenvalue weighted by Crippen LogP contribution is 2.34. The maximum Gasteiger partial charge on any atom is 0.306 e. The predicted octanol–water partition coefficient (Wildman–Crippen LogP) is 1.99. The summed E-state index contributed by atoms with van der Waals surface area (Å²) < 4.78 is 6.24. The Hall–Kier alpha value is -2.16. The van der Waals surface area contributed by atoms with Gasteiger partial charge >= 0.3 is 5.97 Å². The van der Waals surface area contributed by atoms with Crippen LogP contribution in [0.15, 0.2) is 24.3 Å². The number of rotatable bonds is 5. The van der Waals surface area contributed by atoms with Crippen LogP contribution in [0.4, 0.5) is 0 Å². The lowest BCUT2D eigenvalue weighted by Crippen LogP contribution is -2.49. The Labute approximate surface area is 158 Å². The molecule has 1 aliphatic rings. The van der Waals surface area contributed by atoms with Gasteiger partial charge in [-0.25, -0.2) is 0 Å². The van der Waals surface area contributed by atoms with Gasteiger partial charge in [0.25, 0.3) is 5.91 Å².